The summed E-state index contributed by atoms with van der Waals surface area (Å²) in [6, 6.07) is 9.43. The van der Waals surface area contributed by atoms with Crippen LogP contribution in [-0.2, 0) is 21.6 Å². The van der Waals surface area contributed by atoms with Gasteiger partial charge in [-0.25, -0.2) is 9.07 Å². The van der Waals surface area contributed by atoms with Crippen LogP contribution < -0.4 is 0 Å². The minimum absolute atomic E-state index is 0.00557. The molecule has 0 atom stereocenters. The van der Waals surface area contributed by atoms with Crippen LogP contribution in [0.4, 0.5) is 4.39 Å². The number of aryl methyl sites for hydroxylation is 1. The lowest BCUT2D eigenvalue weighted by Crippen LogP contribution is -2.31. The third-order valence-corrected chi connectivity index (χ3v) is 4.82. The highest BCUT2D eigenvalue weighted by molar-refractivity contribution is 6.30. The van der Waals surface area contributed by atoms with Crippen LogP contribution in [0, 0.1) is 12.7 Å². The Morgan fingerprint density at radius 2 is 1.96 bits per heavy atom. The van der Waals surface area contributed by atoms with E-state index in [9.17, 15) is 9.18 Å². The van der Waals surface area contributed by atoms with E-state index in [4.69, 9.17) is 16.3 Å². The Balaban J connectivity index is 1.78. The van der Waals surface area contributed by atoms with Crippen LogP contribution in [-0.4, -0.2) is 20.7 Å². The lowest BCUT2D eigenvalue weighted by Gasteiger charge is -2.22. The summed E-state index contributed by atoms with van der Waals surface area (Å²) < 4.78 is 20.1. The summed E-state index contributed by atoms with van der Waals surface area (Å²) in [5.41, 5.74) is 1.78. The highest BCUT2D eigenvalue weighted by atomic mass is 35.5. The van der Waals surface area contributed by atoms with Gasteiger partial charge < -0.3 is 4.74 Å². The quantitative estimate of drug-likeness (QED) is 0.609. The molecule has 7 heteroatoms. The minimum Gasteiger partial charge on any atom is -0.460 e. The zero-order valence-corrected chi connectivity index (χ0v) is 16.0. The fraction of sp³-hybridized carbons (Fsp3) is 0.250. The Kier molecular flexibility index (Phi) is 5.28. The van der Waals surface area contributed by atoms with Crippen LogP contribution >= 0.6 is 11.6 Å². The van der Waals surface area contributed by atoms with Crippen molar-refractivity contribution in [1.82, 2.24) is 14.8 Å². The molecule has 0 fully saturated rings. The summed E-state index contributed by atoms with van der Waals surface area (Å²) >= 11 is 6.42. The number of rotatable bonds is 5. The summed E-state index contributed by atoms with van der Waals surface area (Å²) in [5, 5.41) is 4.69. The second-order valence-electron chi connectivity index (χ2n) is 6.69. The summed E-state index contributed by atoms with van der Waals surface area (Å²) in [4.78, 5) is 16.7. The lowest BCUT2D eigenvalue weighted by molar-refractivity contribution is -0.150. The molecule has 3 aromatic rings. The second kappa shape index (κ2) is 7.48. The minimum atomic E-state index is -0.846. The van der Waals surface area contributed by atoms with Crippen LogP contribution in [0.15, 0.2) is 48.8 Å². The molecule has 0 aliphatic carbocycles. The van der Waals surface area contributed by atoms with E-state index >= 15 is 0 Å². The van der Waals surface area contributed by atoms with Gasteiger partial charge in [-0.3, -0.25) is 9.78 Å². The van der Waals surface area contributed by atoms with E-state index in [0.29, 0.717) is 22.1 Å². The molecule has 0 radical (unpaired) electrons. The average Bonchev–Trinajstić information content (AvgIpc) is 2.95. The smallest absolute Gasteiger partial charge is 0.316 e. The molecule has 0 N–H and O–H groups in total. The number of carbonyl (C=O) groups excluding carboxylic acids is 1. The van der Waals surface area contributed by atoms with Crippen LogP contribution in [0.2, 0.25) is 5.15 Å². The van der Waals surface area contributed by atoms with Gasteiger partial charge in [-0.15, -0.1) is 0 Å². The molecular formula is C20H19ClFN3O2. The number of aromatic nitrogens is 3. The molecule has 1 aromatic carbocycles. The largest absolute Gasteiger partial charge is 0.460 e. The third kappa shape index (κ3) is 3.85. The Morgan fingerprint density at radius 3 is 2.59 bits per heavy atom. The van der Waals surface area contributed by atoms with E-state index in [2.05, 4.69) is 10.1 Å². The Labute approximate surface area is 161 Å². The van der Waals surface area contributed by atoms with Crippen molar-refractivity contribution < 1.29 is 13.9 Å². The van der Waals surface area contributed by atoms with Crippen molar-refractivity contribution in [3.05, 3.63) is 76.6 Å². The van der Waals surface area contributed by atoms with Crippen LogP contribution in [0.3, 0.4) is 0 Å². The highest BCUT2D eigenvalue weighted by Crippen LogP contribution is 2.27. The number of esters is 1. The molecule has 0 bridgehead atoms. The first-order valence-corrected chi connectivity index (χ1v) is 8.76. The van der Waals surface area contributed by atoms with Gasteiger partial charge in [-0.05, 0) is 56.7 Å². The maximum atomic E-state index is 13.1. The van der Waals surface area contributed by atoms with Crippen molar-refractivity contribution in [2.45, 2.75) is 32.8 Å². The van der Waals surface area contributed by atoms with Gasteiger partial charge in [0.05, 0.1) is 16.8 Å². The molecule has 0 saturated carbocycles. The molecule has 140 valence electrons. The van der Waals surface area contributed by atoms with E-state index in [1.807, 2.05) is 6.07 Å². The number of benzene rings is 1. The van der Waals surface area contributed by atoms with E-state index in [1.54, 1.807) is 51.4 Å². The lowest BCUT2D eigenvalue weighted by atomic mass is 9.86. The monoisotopic (exact) mass is 387 g/mol. The fourth-order valence-electron chi connectivity index (χ4n) is 2.62. The maximum absolute atomic E-state index is 13.1. The number of nitrogens with zero attached hydrogens (tertiary/aromatic N) is 3. The number of carbonyl (C=O) groups is 1. The molecule has 3 rings (SSSR count). The first-order valence-electron chi connectivity index (χ1n) is 8.38. The number of halogens is 2. The van der Waals surface area contributed by atoms with Crippen molar-refractivity contribution in [2.24, 2.45) is 0 Å². The third-order valence-electron chi connectivity index (χ3n) is 4.43. The molecule has 0 aliphatic heterocycles. The van der Waals surface area contributed by atoms with Gasteiger partial charge in [-0.1, -0.05) is 17.7 Å². The SMILES string of the molecule is Cc1nn(-c2ccc(F)cc2)c(Cl)c1COC(=O)C(C)(C)c1cccnc1. The Morgan fingerprint density at radius 1 is 1.26 bits per heavy atom. The number of pyridine rings is 1. The average molecular weight is 388 g/mol. The van der Waals surface area contributed by atoms with Gasteiger partial charge in [0.25, 0.3) is 0 Å². The van der Waals surface area contributed by atoms with Gasteiger partial charge >= 0.3 is 5.97 Å². The highest BCUT2D eigenvalue weighted by Gasteiger charge is 2.32. The Hall–Kier alpha value is -2.73. The van der Waals surface area contributed by atoms with Crippen LogP contribution in [0.5, 0.6) is 0 Å². The number of hydrogen-bond donors (Lipinski definition) is 0. The molecule has 0 saturated heterocycles. The van der Waals surface area contributed by atoms with Gasteiger partial charge in [0, 0.05) is 18.0 Å². The van der Waals surface area contributed by atoms with Crippen molar-refractivity contribution in [1.29, 1.82) is 0 Å². The van der Waals surface area contributed by atoms with Gasteiger partial charge in [0.2, 0.25) is 0 Å². The van der Waals surface area contributed by atoms with Crippen LogP contribution in [0.1, 0.15) is 30.7 Å². The van der Waals surface area contributed by atoms with Gasteiger partial charge in [0.15, 0.2) is 0 Å². The summed E-state index contributed by atoms with van der Waals surface area (Å²) in [6.45, 7) is 5.33. The molecule has 5 nitrogen and oxygen atoms in total. The van der Waals surface area contributed by atoms with Gasteiger partial charge in [-0.2, -0.15) is 5.10 Å². The second-order valence-corrected chi connectivity index (χ2v) is 7.04. The first kappa shape index (κ1) is 19.0. The standard InChI is InChI=1S/C20H19ClFN3O2/c1-13-17(18(21)25(24-13)16-8-6-15(22)7-9-16)12-27-19(26)20(2,3)14-5-4-10-23-11-14/h4-11H,12H2,1-3H3. The van der Waals surface area contributed by atoms with E-state index in [0.717, 1.165) is 5.56 Å². The Bertz CT molecular complexity index is 953. The molecule has 27 heavy (non-hydrogen) atoms. The van der Waals surface area contributed by atoms with Crippen molar-refractivity contribution in [3.8, 4) is 5.69 Å². The summed E-state index contributed by atoms with van der Waals surface area (Å²) in [5.74, 6) is -0.731. The summed E-state index contributed by atoms with van der Waals surface area (Å²) in [6.07, 6.45) is 3.30. The maximum Gasteiger partial charge on any atom is 0.316 e. The van der Waals surface area contributed by atoms with Crippen molar-refractivity contribution in [2.75, 3.05) is 0 Å². The van der Waals surface area contributed by atoms with E-state index in [1.165, 1.54) is 16.8 Å². The molecule has 0 amide bonds. The topological polar surface area (TPSA) is 57.0 Å². The number of hydrogen-bond acceptors (Lipinski definition) is 4. The molecular weight excluding hydrogens is 369 g/mol. The van der Waals surface area contributed by atoms with Crippen molar-refractivity contribution >= 4 is 17.6 Å². The number of ether oxygens (including phenoxy) is 1. The normalized spacial score (nSPS) is 11.4. The molecule has 0 aliphatic rings. The fourth-order valence-corrected chi connectivity index (χ4v) is 2.94. The predicted octanol–water partition coefficient (Wildman–Crippen LogP) is 4.39. The van der Waals surface area contributed by atoms with E-state index < -0.39 is 5.41 Å². The van der Waals surface area contributed by atoms with Gasteiger partial charge in [0.1, 0.15) is 17.6 Å². The summed E-state index contributed by atoms with van der Waals surface area (Å²) in [7, 11) is 0. The molecule has 2 aromatic heterocycles. The van der Waals surface area contributed by atoms with E-state index in [-0.39, 0.29) is 18.4 Å². The molecule has 0 unspecified atom stereocenters. The molecule has 2 heterocycles. The first-order chi connectivity index (χ1) is 12.8. The zero-order chi connectivity index (χ0) is 19.6. The van der Waals surface area contributed by atoms with Crippen molar-refractivity contribution in [3.63, 3.8) is 0 Å². The zero-order valence-electron chi connectivity index (χ0n) is 15.2. The predicted molar refractivity (Wildman–Crippen MR) is 100 cm³/mol. The van der Waals surface area contributed by atoms with Crippen LogP contribution in [0.25, 0.3) is 5.69 Å². The molecule has 0 spiro atoms.